The van der Waals surface area contributed by atoms with E-state index < -0.39 is 12.6 Å². The summed E-state index contributed by atoms with van der Waals surface area (Å²) >= 11 is 4.98. The Morgan fingerprint density at radius 3 is 2.22 bits per heavy atom. The average Bonchev–Trinajstić information content (AvgIpc) is 1.63. The summed E-state index contributed by atoms with van der Waals surface area (Å²) in [6.45, 7) is 0. The lowest BCUT2D eigenvalue weighted by Gasteiger charge is -2.00. The third-order valence-corrected chi connectivity index (χ3v) is 0.862. The van der Waals surface area contributed by atoms with Crippen molar-refractivity contribution in [1.29, 1.82) is 0 Å². The third-order valence-electron chi connectivity index (χ3n) is 0.684. The molecule has 0 aliphatic heterocycles. The molecule has 0 N–H and O–H groups in total. The van der Waals surface area contributed by atoms with Gasteiger partial charge in [-0.3, -0.25) is 0 Å². The Morgan fingerprint density at radius 1 is 1.33 bits per heavy atom. The highest BCUT2D eigenvalue weighted by atomic mass is 35.5. The smallest absolute Gasteiger partial charge is 0.171 e. The third kappa shape index (κ3) is 7.82. The van der Waals surface area contributed by atoms with Gasteiger partial charge in [-0.1, -0.05) is 17.7 Å². The van der Waals surface area contributed by atoms with Crippen LogP contribution in [0.25, 0.3) is 0 Å². The molecular formula is C5H6ClF3. The van der Waals surface area contributed by atoms with E-state index in [0.717, 1.165) is 5.54 Å². The van der Waals surface area contributed by atoms with Crippen molar-refractivity contribution in [2.24, 2.45) is 0 Å². The molecule has 0 aliphatic carbocycles. The van der Waals surface area contributed by atoms with Gasteiger partial charge in [-0.2, -0.15) is 13.2 Å². The van der Waals surface area contributed by atoms with E-state index in [4.69, 9.17) is 11.6 Å². The predicted octanol–water partition coefficient (Wildman–Crippen LogP) is 3.08. The molecule has 0 rings (SSSR count). The Labute approximate surface area is 56.3 Å². The quantitative estimate of drug-likeness (QED) is 0.579. The summed E-state index contributed by atoms with van der Waals surface area (Å²) in [4.78, 5) is 0. The van der Waals surface area contributed by atoms with Crippen molar-refractivity contribution in [1.82, 2.24) is 0 Å². The van der Waals surface area contributed by atoms with Crippen LogP contribution in [0.1, 0.15) is 12.8 Å². The Balaban J connectivity index is 3.28. The van der Waals surface area contributed by atoms with Crippen LogP contribution in [-0.2, 0) is 0 Å². The first-order valence-corrected chi connectivity index (χ1v) is 2.82. The minimum atomic E-state index is -4.06. The van der Waals surface area contributed by atoms with Crippen LogP contribution in [0.2, 0.25) is 0 Å². The molecule has 54 valence electrons. The van der Waals surface area contributed by atoms with Crippen molar-refractivity contribution in [2.75, 3.05) is 0 Å². The lowest BCUT2D eigenvalue weighted by atomic mass is 10.3. The van der Waals surface area contributed by atoms with Crippen LogP contribution in [0.4, 0.5) is 13.2 Å². The summed E-state index contributed by atoms with van der Waals surface area (Å²) in [7, 11) is 0. The molecule has 0 heterocycles. The zero-order valence-corrected chi connectivity index (χ0v) is 5.34. The fraction of sp³-hybridized carbons (Fsp3) is 0.600. The number of hydrogen-bond donors (Lipinski definition) is 0. The molecule has 0 saturated carbocycles. The highest BCUT2D eigenvalue weighted by molar-refractivity contribution is 6.25. The average molecular weight is 159 g/mol. The second-order valence-electron chi connectivity index (χ2n) is 1.52. The maximum Gasteiger partial charge on any atom is 0.389 e. The van der Waals surface area contributed by atoms with Gasteiger partial charge in [-0.25, -0.2) is 0 Å². The zero-order chi connectivity index (χ0) is 7.33. The molecule has 0 nitrogen and oxygen atoms in total. The van der Waals surface area contributed by atoms with E-state index in [2.05, 4.69) is 0 Å². The van der Waals surface area contributed by atoms with Gasteiger partial charge in [0.25, 0.3) is 0 Å². The highest BCUT2D eigenvalue weighted by Crippen LogP contribution is 2.21. The molecule has 0 saturated heterocycles. The summed E-state index contributed by atoms with van der Waals surface area (Å²) in [6.07, 6.45) is -3.62. The SMILES string of the molecule is FC(F)(F)CCC=CCl. The van der Waals surface area contributed by atoms with Gasteiger partial charge < -0.3 is 0 Å². The van der Waals surface area contributed by atoms with Crippen LogP contribution in [0.3, 0.4) is 0 Å². The van der Waals surface area contributed by atoms with Gasteiger partial charge in [0.1, 0.15) is 0 Å². The molecule has 0 atom stereocenters. The molecule has 4 heteroatoms. The van der Waals surface area contributed by atoms with Crippen molar-refractivity contribution >= 4 is 11.6 Å². The Bertz CT molecular complexity index is 94.9. The summed E-state index contributed by atoms with van der Waals surface area (Å²) in [6, 6.07) is 0. The van der Waals surface area contributed by atoms with Crippen LogP contribution in [-0.4, -0.2) is 6.18 Å². The Kier molecular flexibility index (Phi) is 3.70. The molecule has 0 amide bonds. The van der Waals surface area contributed by atoms with Crippen molar-refractivity contribution in [3.05, 3.63) is 11.6 Å². The van der Waals surface area contributed by atoms with Gasteiger partial charge in [0, 0.05) is 12.0 Å². The van der Waals surface area contributed by atoms with Gasteiger partial charge in [-0.05, 0) is 6.42 Å². The number of allylic oxidation sites excluding steroid dienone is 1. The van der Waals surface area contributed by atoms with E-state index in [1.807, 2.05) is 0 Å². The van der Waals surface area contributed by atoms with Crippen molar-refractivity contribution in [2.45, 2.75) is 19.0 Å². The number of alkyl halides is 3. The van der Waals surface area contributed by atoms with Crippen LogP contribution < -0.4 is 0 Å². The molecule has 0 aliphatic rings. The van der Waals surface area contributed by atoms with E-state index in [0.29, 0.717) is 0 Å². The summed E-state index contributed by atoms with van der Waals surface area (Å²) in [5.41, 5.74) is 1.09. The van der Waals surface area contributed by atoms with Crippen molar-refractivity contribution in [3.63, 3.8) is 0 Å². The van der Waals surface area contributed by atoms with Crippen LogP contribution >= 0.6 is 11.6 Å². The molecule has 0 aromatic heterocycles. The molecule has 9 heavy (non-hydrogen) atoms. The highest BCUT2D eigenvalue weighted by Gasteiger charge is 2.25. The number of hydrogen-bond acceptors (Lipinski definition) is 0. The first-order chi connectivity index (χ1) is 4.06. The summed E-state index contributed by atoms with van der Waals surface area (Å²) in [5, 5.41) is 0. The molecule has 0 unspecified atom stereocenters. The first-order valence-electron chi connectivity index (χ1n) is 2.38. The Hall–Kier alpha value is -0.180. The fourth-order valence-corrected chi connectivity index (χ4v) is 0.436. The minimum absolute atomic E-state index is 0.0347. The van der Waals surface area contributed by atoms with Gasteiger partial charge >= 0.3 is 6.18 Å². The van der Waals surface area contributed by atoms with E-state index in [1.54, 1.807) is 0 Å². The molecule has 0 aromatic carbocycles. The van der Waals surface area contributed by atoms with Gasteiger partial charge in [0.15, 0.2) is 0 Å². The summed E-state index contributed by atoms with van der Waals surface area (Å²) in [5.74, 6) is 0. The van der Waals surface area contributed by atoms with Crippen LogP contribution in [0.15, 0.2) is 11.6 Å². The molecule has 0 radical (unpaired) electrons. The van der Waals surface area contributed by atoms with E-state index in [9.17, 15) is 13.2 Å². The lowest BCUT2D eigenvalue weighted by Crippen LogP contribution is -2.05. The second kappa shape index (κ2) is 3.77. The molecule has 0 spiro atoms. The fourth-order valence-electron chi connectivity index (χ4n) is 0.310. The zero-order valence-electron chi connectivity index (χ0n) is 4.58. The number of rotatable bonds is 2. The molecular weight excluding hydrogens is 153 g/mol. The molecule has 0 bridgehead atoms. The van der Waals surface area contributed by atoms with Crippen molar-refractivity contribution in [3.8, 4) is 0 Å². The van der Waals surface area contributed by atoms with Crippen LogP contribution in [0.5, 0.6) is 0 Å². The topological polar surface area (TPSA) is 0 Å². The lowest BCUT2D eigenvalue weighted by molar-refractivity contribution is -0.133. The van der Waals surface area contributed by atoms with Crippen LogP contribution in [0, 0.1) is 0 Å². The van der Waals surface area contributed by atoms with Gasteiger partial charge in [0.2, 0.25) is 0 Å². The van der Waals surface area contributed by atoms with Crippen molar-refractivity contribution < 1.29 is 13.2 Å². The van der Waals surface area contributed by atoms with Gasteiger partial charge in [-0.15, -0.1) is 0 Å². The van der Waals surface area contributed by atoms with E-state index in [-0.39, 0.29) is 6.42 Å². The van der Waals surface area contributed by atoms with E-state index in [1.165, 1.54) is 6.08 Å². The summed E-state index contributed by atoms with van der Waals surface area (Å²) < 4.78 is 33.9. The number of halogens is 4. The van der Waals surface area contributed by atoms with Gasteiger partial charge in [0.05, 0.1) is 0 Å². The minimum Gasteiger partial charge on any atom is -0.171 e. The monoisotopic (exact) mass is 158 g/mol. The molecule has 0 aromatic rings. The maximum atomic E-state index is 11.3. The Morgan fingerprint density at radius 2 is 1.89 bits per heavy atom. The maximum absolute atomic E-state index is 11.3. The molecule has 0 fully saturated rings. The largest absolute Gasteiger partial charge is 0.389 e. The van der Waals surface area contributed by atoms with E-state index >= 15 is 0 Å². The standard InChI is InChI=1S/C5H6ClF3/c6-4-2-1-3-5(7,8)9/h2,4H,1,3H2. The predicted molar refractivity (Wildman–Crippen MR) is 30.3 cm³/mol. The first kappa shape index (κ1) is 8.82. The second-order valence-corrected chi connectivity index (χ2v) is 1.77. The normalized spacial score (nSPS) is 12.9.